The quantitative estimate of drug-likeness (QED) is 0.0365. The number of aromatic hydroxyl groups is 3. The van der Waals surface area contributed by atoms with Crippen LogP contribution in [0.4, 0.5) is 18.9 Å². The molecule has 0 aromatic heterocycles. The average Bonchev–Trinajstić information content (AvgIpc) is 0.467. The number of phenols is 3. The summed E-state index contributed by atoms with van der Waals surface area (Å²) in [5.74, 6) is -16.4. The molecule has 142 heavy (non-hydrogen) atoms. The number of anilines is 1. The predicted octanol–water partition coefficient (Wildman–Crippen LogP) is -0.432. The maximum absolute atomic E-state index is 16.5. The van der Waals surface area contributed by atoms with Crippen LogP contribution in [0.1, 0.15) is 121 Å². The molecule has 9 heterocycles. The zero-order valence-electron chi connectivity index (χ0n) is 75.7. The van der Waals surface area contributed by atoms with Crippen LogP contribution in [0, 0.1) is 5.92 Å². The summed E-state index contributed by atoms with van der Waals surface area (Å²) in [6, 6.07) is 11.7. The number of fused-ring (bicyclic) bond motifs is 15. The van der Waals surface area contributed by atoms with Crippen LogP contribution < -0.4 is 78.3 Å². The number of likely N-dealkylation sites (N-methyl/N-ethyl adjacent to an activating group) is 1. The van der Waals surface area contributed by atoms with Gasteiger partial charge in [-0.2, -0.15) is 0 Å². The first-order valence-corrected chi connectivity index (χ1v) is 45.3. The molecular formula is C92H106Cl2F3N11O34. The number of nitrogens with one attached hydrogen (secondary N) is 9. The number of halogens is 5. The lowest BCUT2D eigenvalue weighted by molar-refractivity contribution is -0.375. The normalized spacial score (nSPS) is 31.0. The van der Waals surface area contributed by atoms with Gasteiger partial charge in [0, 0.05) is 59.1 Å². The van der Waals surface area contributed by atoms with Crippen LogP contribution in [0.5, 0.6) is 51.7 Å². The minimum absolute atomic E-state index is 0.0384. The topological polar surface area (TPSA) is 702 Å². The smallest absolute Gasteiger partial charge is 0.508 e. The number of alkyl halides is 3. The van der Waals surface area contributed by atoms with Crippen LogP contribution >= 0.6 is 23.2 Å². The fourth-order valence-electron chi connectivity index (χ4n) is 17.4. The molecule has 28 N–H and O–H groups in total. The Bertz CT molecular complexity index is 5820. The van der Waals surface area contributed by atoms with Gasteiger partial charge in [0.25, 0.3) is 5.91 Å². The highest BCUT2D eigenvalue weighted by Crippen LogP contribution is 2.51. The summed E-state index contributed by atoms with van der Waals surface area (Å²) in [4.78, 5) is 120. The van der Waals surface area contributed by atoms with Gasteiger partial charge in [0.1, 0.15) is 150 Å². The first-order valence-electron chi connectivity index (χ1n) is 44.5. The zero-order chi connectivity index (χ0) is 103. The van der Waals surface area contributed by atoms with Crippen molar-refractivity contribution < 1.29 is 180 Å². The first-order chi connectivity index (χ1) is 67.2. The number of hydrogen-bond acceptors (Lipinski definition) is 37. The van der Waals surface area contributed by atoms with Gasteiger partial charge >= 0.3 is 6.36 Å². The van der Waals surface area contributed by atoms with Crippen molar-refractivity contribution in [2.75, 3.05) is 32.1 Å². The number of primary amides is 1. The molecule has 4 saturated heterocycles. The van der Waals surface area contributed by atoms with E-state index in [0.717, 1.165) is 84.9 Å². The van der Waals surface area contributed by atoms with E-state index < -0.39 is 328 Å². The lowest BCUT2D eigenvalue weighted by Crippen LogP contribution is -2.67. The van der Waals surface area contributed by atoms with Gasteiger partial charge in [-0.25, -0.2) is 0 Å². The molecule has 9 aliphatic rings. The van der Waals surface area contributed by atoms with Gasteiger partial charge in [0.05, 0.1) is 47.9 Å². The molecule has 50 heteroatoms. The van der Waals surface area contributed by atoms with E-state index in [2.05, 4.69) is 52.6 Å². The Kier molecular flexibility index (Phi) is 33.1. The molecule has 0 radical (unpaired) electrons. The molecule has 1 unspecified atom stereocenters. The number of aliphatic hydroxyl groups is 12. The number of hydrogen-bond donors (Lipinski definition) is 26. The third-order valence-corrected chi connectivity index (χ3v) is 25.3. The molecule has 0 aliphatic carbocycles. The number of phenolic OH excluding ortho intramolecular Hbond substituents is 3. The Morgan fingerprint density at radius 3 is 1.82 bits per heavy atom. The van der Waals surface area contributed by atoms with Crippen LogP contribution in [0.25, 0.3) is 11.1 Å². The molecule has 7 aromatic carbocycles. The van der Waals surface area contributed by atoms with Crippen molar-refractivity contribution in [1.29, 1.82) is 0 Å². The number of rotatable bonds is 24. The molecule has 8 amide bonds. The average molecular weight is 2040 g/mol. The molecular weight excluding hydrogens is 1930 g/mol. The number of benzene rings is 7. The van der Waals surface area contributed by atoms with Crippen molar-refractivity contribution in [2.24, 2.45) is 17.4 Å². The first kappa shape index (κ1) is 106. The minimum Gasteiger partial charge on any atom is -0.508 e. The molecule has 0 saturated carbocycles. The molecule has 0 spiro atoms. The highest BCUT2D eigenvalue weighted by atomic mass is 35.5. The molecule has 28 atom stereocenters. The highest BCUT2D eigenvalue weighted by molar-refractivity contribution is 6.32. The molecule has 7 aromatic rings. The van der Waals surface area contributed by atoms with Crippen LogP contribution in [0.15, 0.2) is 127 Å². The standard InChI is InChI=1S/C92H106Cl2F3N11O34/c1-34(2)18-49(100-5)82(126)106-65-67(115)38-13-16-53(47(93)22-38)133-55-24-41-25-56(76(55)139-89-73(121)70(118)78(58(32-109)136-89)141-90-74(122)71(119)77(59(33-110)137-90)140-88-72(120)69(117)68(116)57(135-88)31-101-30-36-8-6-10-42(19-36)102-80(124)40-9-7-11-44(20-40)142-92(95,96)97)134-54-17-14-39(23-48(54)94)75(138-61-29-91(4,99)79(123)35(3)132-61)66-87(131)108-81(125)46-26-43(111)27-52(113)62(46)45-21-37(12-15-51(45)112)63(84(128)107-66)105-85(129)64(41)104-83(127)50(28-60(98)114)103-86(65)130/h6-17,19-27,34-35,49-50,57-59,61,63-75,77-79,81,88-90,100-101,109-113,115-123,125H,18,28-33,99H2,1-5H3,(H2,98,114)(H,102,124)(H,103,130)(H,104,127)(H,105,129)(H,106,126)(H,107,128)(H,108,131)/t35-,49+,50-,57+,58+,59+,61-,63-,64+,65?,66-,67+,68-,69-,70+,71+,72+,73+,74+,75+,77+,78+,79-,81-,88-,89-,90-,91-/m0/s1. The van der Waals surface area contributed by atoms with E-state index >= 15 is 24.0 Å². The van der Waals surface area contributed by atoms with E-state index in [1.165, 1.54) is 57.3 Å². The van der Waals surface area contributed by atoms with Gasteiger partial charge in [-0.3, -0.25) is 38.4 Å². The zero-order valence-corrected chi connectivity index (χ0v) is 77.3. The SMILES string of the molecule is CN[C@H](CC(C)C)C(=O)NC1C(=O)N[C@@H](CC(N)=O)C(=O)N[C@H]2C(=O)N[C@@H]3C(=O)N[C@H](C(=O)N[C@@H](O)c4cc(O)cc(O)c4-c4cc3ccc4O)[C@H](O[C@H]3C[C@](C)(N)[C@@H](O)[C@H](C)O3)c3ccc(c(Cl)c3)Oc3cc2cc(c3O[C@@H]2O[C@H](CO)[C@@H](O[C@@H]3O[C@H](CO)[C@@H](O[C@@H]4O[C@H](CNCc5cccc(NC(=O)c6cccc(OC(F)(F)F)c6)c5)[C@H](O)[C@H](O)[C@H]4O)[C@H](O)[C@H]3O)[C@H](O)[C@H]2O)Oc2ccc(cc2Cl)[C@H]1O. The summed E-state index contributed by atoms with van der Waals surface area (Å²) in [5, 5.41) is 197. The highest BCUT2D eigenvalue weighted by Gasteiger charge is 2.56. The summed E-state index contributed by atoms with van der Waals surface area (Å²) in [7, 11) is 1.44. The summed E-state index contributed by atoms with van der Waals surface area (Å²) >= 11 is 14.5. The summed E-state index contributed by atoms with van der Waals surface area (Å²) in [6.45, 7) is 3.77. The Morgan fingerprint density at radius 2 is 1.20 bits per heavy atom. The summed E-state index contributed by atoms with van der Waals surface area (Å²) < 4.78 is 106. The van der Waals surface area contributed by atoms with Crippen LogP contribution in [-0.4, -0.2) is 297 Å². The Morgan fingerprint density at radius 1 is 0.606 bits per heavy atom. The van der Waals surface area contributed by atoms with Gasteiger partial charge in [-0.1, -0.05) is 73.4 Å². The number of carbonyl (C=O) groups excluding carboxylic acids is 8. The van der Waals surface area contributed by atoms with E-state index in [9.17, 15) is 104 Å². The third kappa shape index (κ3) is 23.9. The van der Waals surface area contributed by atoms with Crippen molar-refractivity contribution in [2.45, 2.75) is 231 Å². The van der Waals surface area contributed by atoms with Crippen LogP contribution in [0.3, 0.4) is 0 Å². The maximum atomic E-state index is 16.5. The van der Waals surface area contributed by atoms with E-state index in [0.29, 0.717) is 5.56 Å². The van der Waals surface area contributed by atoms with Crippen molar-refractivity contribution >= 4 is 76.1 Å². The molecule has 11 bridgehead atoms. The van der Waals surface area contributed by atoms with Crippen LogP contribution in [0.2, 0.25) is 10.0 Å². The monoisotopic (exact) mass is 2040 g/mol. The largest absolute Gasteiger partial charge is 0.573 e. The Labute approximate surface area is 814 Å². The third-order valence-electron chi connectivity index (χ3n) is 24.7. The molecule has 4 fully saturated rings. The second-order valence-corrected chi connectivity index (χ2v) is 36.5. The molecule has 9 aliphatic heterocycles. The van der Waals surface area contributed by atoms with Crippen LogP contribution in [-0.2, 0) is 73.3 Å². The van der Waals surface area contributed by atoms with E-state index in [-0.39, 0.29) is 59.8 Å². The second-order valence-electron chi connectivity index (χ2n) is 35.6. The summed E-state index contributed by atoms with van der Waals surface area (Å²) in [6.07, 6.45) is -48.2. The summed E-state index contributed by atoms with van der Waals surface area (Å²) in [5.41, 5.74) is 8.70. The van der Waals surface area contributed by atoms with Crippen molar-refractivity contribution in [3.63, 3.8) is 0 Å². The number of nitrogens with two attached hydrogens (primary N) is 2. The lowest BCUT2D eigenvalue weighted by Gasteiger charge is -2.48. The van der Waals surface area contributed by atoms with Gasteiger partial charge in [-0.05, 0) is 146 Å². The molecule has 768 valence electrons. The Hall–Kier alpha value is -11.6. The lowest BCUT2D eigenvalue weighted by atomic mass is 9.86. The van der Waals surface area contributed by atoms with E-state index in [1.54, 1.807) is 19.9 Å². The second kappa shape index (κ2) is 44.3. The van der Waals surface area contributed by atoms with Gasteiger partial charge in [0.2, 0.25) is 53.4 Å². The maximum Gasteiger partial charge on any atom is 0.573 e. The van der Waals surface area contributed by atoms with Gasteiger partial charge < -0.3 is 188 Å². The number of amides is 8. The number of ether oxygens (including phenoxy) is 11. The number of aliphatic hydroxyl groups excluding tert-OH is 12. The van der Waals surface area contributed by atoms with Crippen molar-refractivity contribution in [3.8, 4) is 62.9 Å². The minimum atomic E-state index is -5.03. The van der Waals surface area contributed by atoms with Crippen molar-refractivity contribution in [1.82, 2.24) is 42.5 Å². The number of carbonyl (C=O) groups is 8. The molecule has 45 nitrogen and oxygen atoms in total. The molecule has 16 rings (SSSR count). The Balaban J connectivity index is 0.824. The van der Waals surface area contributed by atoms with Gasteiger partial charge in [0.15, 0.2) is 36.6 Å². The van der Waals surface area contributed by atoms with E-state index in [1.807, 2.05) is 0 Å². The van der Waals surface area contributed by atoms with Crippen molar-refractivity contribution in [3.05, 3.63) is 176 Å². The fourth-order valence-corrected chi connectivity index (χ4v) is 17.9. The predicted molar refractivity (Wildman–Crippen MR) is 481 cm³/mol. The van der Waals surface area contributed by atoms with E-state index in [4.69, 9.17) is 82.0 Å². The fraction of sp³-hybridized carbons (Fsp3) is 0.457. The van der Waals surface area contributed by atoms with Gasteiger partial charge in [-0.15, -0.1) is 13.2 Å².